The summed E-state index contributed by atoms with van der Waals surface area (Å²) in [7, 11) is 0. The molecule has 6 heteroatoms. The molecule has 2 heterocycles. The van der Waals surface area contributed by atoms with Crippen molar-refractivity contribution in [3.05, 3.63) is 64.3 Å². The minimum Gasteiger partial charge on any atom is -0.370 e. The Kier molecular flexibility index (Phi) is 5.01. The molecule has 0 bridgehead atoms. The summed E-state index contributed by atoms with van der Waals surface area (Å²) in [6, 6.07) is 14.7. The first kappa shape index (κ1) is 18.5. The number of benzene rings is 2. The number of aryl methyl sites for hydroxylation is 1. The summed E-state index contributed by atoms with van der Waals surface area (Å²) >= 11 is 1.37. The van der Waals surface area contributed by atoms with Gasteiger partial charge in [-0.05, 0) is 55.3 Å². The summed E-state index contributed by atoms with van der Waals surface area (Å²) in [5.41, 5.74) is 2.44. The molecule has 3 aromatic rings. The van der Waals surface area contributed by atoms with E-state index >= 15 is 0 Å². The summed E-state index contributed by atoms with van der Waals surface area (Å²) < 4.78 is 15.0. The van der Waals surface area contributed by atoms with Gasteiger partial charge < -0.3 is 9.80 Å². The standard InChI is InChI=1S/C22H20FN3OS/c1-15-20-18(23)4-2-5-19(20)28-21(15)22(27)26-11-3-10-25(12-13-26)17-8-6-16(14-24)7-9-17/h2,4-9H,3,10-13H2,1H3. The number of halogens is 1. The molecule has 1 aromatic heterocycles. The van der Waals surface area contributed by atoms with Crippen LogP contribution in [0.5, 0.6) is 0 Å². The number of amides is 1. The van der Waals surface area contributed by atoms with Crippen molar-refractivity contribution in [3.8, 4) is 6.07 Å². The third-order valence-electron chi connectivity index (χ3n) is 5.24. The Balaban J connectivity index is 1.53. The summed E-state index contributed by atoms with van der Waals surface area (Å²) in [5, 5.41) is 9.51. The van der Waals surface area contributed by atoms with Gasteiger partial charge in [-0.2, -0.15) is 5.26 Å². The second kappa shape index (κ2) is 7.61. The number of rotatable bonds is 2. The average molecular weight is 393 g/mol. The largest absolute Gasteiger partial charge is 0.370 e. The van der Waals surface area contributed by atoms with Crippen LogP contribution in [0.1, 0.15) is 27.2 Å². The molecule has 142 valence electrons. The predicted molar refractivity (Wildman–Crippen MR) is 110 cm³/mol. The number of hydrogen-bond donors (Lipinski definition) is 0. The van der Waals surface area contributed by atoms with Gasteiger partial charge in [0.25, 0.3) is 5.91 Å². The van der Waals surface area contributed by atoms with E-state index in [4.69, 9.17) is 5.26 Å². The lowest BCUT2D eigenvalue weighted by molar-refractivity contribution is 0.0771. The van der Waals surface area contributed by atoms with Crippen LogP contribution in [0, 0.1) is 24.1 Å². The topological polar surface area (TPSA) is 47.3 Å². The van der Waals surface area contributed by atoms with E-state index in [9.17, 15) is 9.18 Å². The van der Waals surface area contributed by atoms with Gasteiger partial charge >= 0.3 is 0 Å². The van der Waals surface area contributed by atoms with Gasteiger partial charge in [0.1, 0.15) is 5.82 Å². The van der Waals surface area contributed by atoms with Gasteiger partial charge in [-0.15, -0.1) is 11.3 Å². The molecule has 0 atom stereocenters. The molecular weight excluding hydrogens is 373 g/mol. The Labute approximate surface area is 167 Å². The van der Waals surface area contributed by atoms with Crippen LogP contribution in [0.3, 0.4) is 0 Å². The normalized spacial score (nSPS) is 14.8. The lowest BCUT2D eigenvalue weighted by Gasteiger charge is -2.23. The van der Waals surface area contributed by atoms with Crippen LogP contribution in [0.15, 0.2) is 42.5 Å². The summed E-state index contributed by atoms with van der Waals surface area (Å²) in [5.74, 6) is -0.284. The molecule has 0 saturated carbocycles. The molecule has 0 spiro atoms. The fourth-order valence-electron chi connectivity index (χ4n) is 3.73. The Morgan fingerprint density at radius 1 is 1.11 bits per heavy atom. The minimum absolute atomic E-state index is 0.0141. The van der Waals surface area contributed by atoms with Gasteiger partial charge in [0, 0.05) is 42.0 Å². The Morgan fingerprint density at radius 2 is 1.89 bits per heavy atom. The molecular formula is C22H20FN3OS. The lowest BCUT2D eigenvalue weighted by Crippen LogP contribution is -2.35. The van der Waals surface area contributed by atoms with E-state index in [2.05, 4.69) is 11.0 Å². The molecule has 0 radical (unpaired) electrons. The van der Waals surface area contributed by atoms with Crippen LogP contribution in [0.4, 0.5) is 10.1 Å². The van der Waals surface area contributed by atoms with Crippen molar-refractivity contribution in [2.24, 2.45) is 0 Å². The maximum Gasteiger partial charge on any atom is 0.264 e. The van der Waals surface area contributed by atoms with E-state index in [1.54, 1.807) is 6.07 Å². The number of nitrogens with zero attached hydrogens (tertiary/aromatic N) is 3. The van der Waals surface area contributed by atoms with E-state index < -0.39 is 0 Å². The smallest absolute Gasteiger partial charge is 0.264 e. The third kappa shape index (κ3) is 3.34. The maximum absolute atomic E-state index is 14.2. The molecule has 28 heavy (non-hydrogen) atoms. The highest BCUT2D eigenvalue weighted by atomic mass is 32.1. The quantitative estimate of drug-likeness (QED) is 0.641. The molecule has 4 nitrogen and oxygen atoms in total. The molecule has 2 aromatic carbocycles. The van der Waals surface area contributed by atoms with Crippen molar-refractivity contribution in [2.75, 3.05) is 31.1 Å². The zero-order chi connectivity index (χ0) is 19.7. The fourth-order valence-corrected chi connectivity index (χ4v) is 4.92. The number of thiophene rings is 1. The van der Waals surface area contributed by atoms with Gasteiger partial charge in [-0.3, -0.25) is 4.79 Å². The average Bonchev–Trinajstić information content (AvgIpc) is 2.90. The molecule has 1 aliphatic rings. The number of nitriles is 1. The van der Waals surface area contributed by atoms with Crippen LogP contribution in [0.2, 0.25) is 0 Å². The van der Waals surface area contributed by atoms with Crippen LogP contribution in [0.25, 0.3) is 10.1 Å². The molecule has 0 aliphatic carbocycles. The first-order valence-electron chi connectivity index (χ1n) is 9.30. The third-order valence-corrected chi connectivity index (χ3v) is 6.49. The van der Waals surface area contributed by atoms with Gasteiger partial charge in [0.05, 0.1) is 16.5 Å². The highest BCUT2D eigenvalue weighted by molar-refractivity contribution is 7.21. The van der Waals surface area contributed by atoms with Crippen molar-refractivity contribution in [3.63, 3.8) is 0 Å². The predicted octanol–water partition coefficient (Wildman–Crippen LogP) is 4.57. The Bertz CT molecular complexity index is 1070. The van der Waals surface area contributed by atoms with Crippen molar-refractivity contribution in [2.45, 2.75) is 13.3 Å². The molecule has 1 fully saturated rings. The molecule has 0 unspecified atom stereocenters. The van der Waals surface area contributed by atoms with E-state index in [0.29, 0.717) is 28.9 Å². The zero-order valence-electron chi connectivity index (χ0n) is 15.6. The second-order valence-electron chi connectivity index (χ2n) is 6.96. The van der Waals surface area contributed by atoms with Crippen LogP contribution in [-0.4, -0.2) is 37.0 Å². The number of carbonyl (C=O) groups is 1. The Morgan fingerprint density at radius 3 is 2.61 bits per heavy atom. The minimum atomic E-state index is -0.270. The van der Waals surface area contributed by atoms with E-state index in [1.807, 2.05) is 42.2 Å². The van der Waals surface area contributed by atoms with Gasteiger partial charge in [-0.1, -0.05) is 6.07 Å². The molecule has 1 amide bonds. The van der Waals surface area contributed by atoms with Crippen molar-refractivity contribution < 1.29 is 9.18 Å². The SMILES string of the molecule is Cc1c(C(=O)N2CCCN(c3ccc(C#N)cc3)CC2)sc2cccc(F)c12. The number of anilines is 1. The second-order valence-corrected chi connectivity index (χ2v) is 8.01. The molecule has 0 N–H and O–H groups in total. The molecule has 1 aliphatic heterocycles. The number of carbonyl (C=O) groups excluding carboxylic acids is 1. The van der Waals surface area contributed by atoms with Crippen LogP contribution < -0.4 is 4.90 Å². The summed E-state index contributed by atoms with van der Waals surface area (Å²) in [4.78, 5) is 17.9. The highest BCUT2D eigenvalue weighted by Crippen LogP contribution is 2.33. The number of hydrogen-bond acceptors (Lipinski definition) is 4. The molecule has 1 saturated heterocycles. The summed E-state index contributed by atoms with van der Waals surface area (Å²) in [6.07, 6.45) is 0.865. The monoisotopic (exact) mass is 393 g/mol. The lowest BCUT2D eigenvalue weighted by atomic mass is 10.1. The Hall–Kier alpha value is -2.91. The van der Waals surface area contributed by atoms with Crippen molar-refractivity contribution in [1.82, 2.24) is 4.90 Å². The maximum atomic E-state index is 14.2. The number of fused-ring (bicyclic) bond motifs is 1. The van der Waals surface area contributed by atoms with E-state index in [0.717, 1.165) is 35.5 Å². The van der Waals surface area contributed by atoms with Crippen molar-refractivity contribution >= 4 is 33.0 Å². The van der Waals surface area contributed by atoms with Gasteiger partial charge in [-0.25, -0.2) is 4.39 Å². The first-order chi connectivity index (χ1) is 13.6. The zero-order valence-corrected chi connectivity index (χ0v) is 16.4. The van der Waals surface area contributed by atoms with E-state index in [-0.39, 0.29) is 11.7 Å². The van der Waals surface area contributed by atoms with E-state index in [1.165, 1.54) is 17.4 Å². The van der Waals surface area contributed by atoms with Crippen LogP contribution in [-0.2, 0) is 0 Å². The first-order valence-corrected chi connectivity index (χ1v) is 10.1. The summed E-state index contributed by atoms with van der Waals surface area (Å²) in [6.45, 7) is 4.72. The van der Waals surface area contributed by atoms with Crippen LogP contribution >= 0.6 is 11.3 Å². The van der Waals surface area contributed by atoms with Gasteiger partial charge in [0.15, 0.2) is 0 Å². The van der Waals surface area contributed by atoms with Gasteiger partial charge in [0.2, 0.25) is 0 Å². The van der Waals surface area contributed by atoms with Crippen molar-refractivity contribution in [1.29, 1.82) is 5.26 Å². The highest BCUT2D eigenvalue weighted by Gasteiger charge is 2.25. The molecule has 4 rings (SSSR count). The fraction of sp³-hybridized carbons (Fsp3) is 0.273.